The standard InChI is InChI=1S/C22H34N2O5/c1-7-8-13-26-19-11-9-17(10-12-19)15-28-23-14-18-16-27-22(5,6)24(18)20(25)29-21(2,3)4/h9-12,14,18H,7-8,13,15-16H2,1-6H3/b23-14+. The molecule has 1 fully saturated rings. The van der Waals surface area contributed by atoms with Crippen molar-refractivity contribution in [1.29, 1.82) is 0 Å². The molecule has 7 nitrogen and oxygen atoms in total. The van der Waals surface area contributed by atoms with Gasteiger partial charge in [0.25, 0.3) is 0 Å². The van der Waals surface area contributed by atoms with E-state index < -0.39 is 17.4 Å². The smallest absolute Gasteiger partial charge is 0.413 e. The van der Waals surface area contributed by atoms with Crippen molar-refractivity contribution in [3.05, 3.63) is 29.8 Å². The molecule has 0 N–H and O–H groups in total. The number of benzene rings is 1. The van der Waals surface area contributed by atoms with E-state index in [1.165, 1.54) is 0 Å². The molecule has 2 rings (SSSR count). The molecule has 1 heterocycles. The molecule has 1 amide bonds. The average Bonchev–Trinajstić information content (AvgIpc) is 2.93. The molecule has 7 heteroatoms. The summed E-state index contributed by atoms with van der Waals surface area (Å²) in [5, 5.41) is 4.04. The van der Waals surface area contributed by atoms with Gasteiger partial charge in [-0.05, 0) is 58.7 Å². The van der Waals surface area contributed by atoms with Crippen LogP contribution in [0.5, 0.6) is 5.75 Å². The Morgan fingerprint density at radius 1 is 1.31 bits per heavy atom. The molecule has 0 bridgehead atoms. The van der Waals surface area contributed by atoms with Gasteiger partial charge in [0.2, 0.25) is 0 Å². The summed E-state index contributed by atoms with van der Waals surface area (Å²) >= 11 is 0. The van der Waals surface area contributed by atoms with Crippen LogP contribution in [-0.2, 0) is 20.9 Å². The van der Waals surface area contributed by atoms with Crippen molar-refractivity contribution < 1.29 is 23.8 Å². The van der Waals surface area contributed by atoms with Gasteiger partial charge in [-0.2, -0.15) is 0 Å². The molecule has 1 unspecified atom stereocenters. The van der Waals surface area contributed by atoms with E-state index in [-0.39, 0.29) is 6.04 Å². The van der Waals surface area contributed by atoms with Crippen LogP contribution in [0.3, 0.4) is 0 Å². The lowest BCUT2D eigenvalue weighted by Crippen LogP contribution is -2.50. The van der Waals surface area contributed by atoms with E-state index in [0.29, 0.717) is 13.2 Å². The van der Waals surface area contributed by atoms with Crippen molar-refractivity contribution in [2.24, 2.45) is 5.16 Å². The Morgan fingerprint density at radius 3 is 2.62 bits per heavy atom. The maximum atomic E-state index is 12.6. The van der Waals surface area contributed by atoms with Crippen LogP contribution in [0.2, 0.25) is 0 Å². The van der Waals surface area contributed by atoms with Crippen LogP contribution in [0, 0.1) is 0 Å². The van der Waals surface area contributed by atoms with Gasteiger partial charge < -0.3 is 19.0 Å². The Balaban J connectivity index is 1.87. The maximum absolute atomic E-state index is 12.6. The third kappa shape index (κ3) is 7.24. The Morgan fingerprint density at radius 2 is 2.00 bits per heavy atom. The van der Waals surface area contributed by atoms with Crippen LogP contribution in [0.4, 0.5) is 4.79 Å². The Hall–Kier alpha value is -2.28. The number of hydrogen-bond donors (Lipinski definition) is 0. The van der Waals surface area contributed by atoms with Gasteiger partial charge in [0.05, 0.1) is 19.4 Å². The summed E-state index contributed by atoms with van der Waals surface area (Å²) in [5.41, 5.74) is -0.371. The average molecular weight is 407 g/mol. The summed E-state index contributed by atoms with van der Waals surface area (Å²) in [6.45, 7) is 12.7. The first-order chi connectivity index (χ1) is 13.6. The van der Waals surface area contributed by atoms with E-state index in [1.807, 2.05) is 58.9 Å². The topological polar surface area (TPSA) is 69.6 Å². The fraction of sp³-hybridized carbons (Fsp3) is 0.636. The molecule has 29 heavy (non-hydrogen) atoms. The monoisotopic (exact) mass is 406 g/mol. The zero-order valence-corrected chi connectivity index (χ0v) is 18.4. The largest absolute Gasteiger partial charge is 0.494 e. The van der Waals surface area contributed by atoms with Crippen LogP contribution < -0.4 is 4.74 Å². The summed E-state index contributed by atoms with van der Waals surface area (Å²) in [7, 11) is 0. The van der Waals surface area contributed by atoms with Gasteiger partial charge in [-0.1, -0.05) is 30.6 Å². The Kier molecular flexibility index (Phi) is 7.90. The highest BCUT2D eigenvalue weighted by atomic mass is 16.6. The van der Waals surface area contributed by atoms with E-state index in [0.717, 1.165) is 30.8 Å². The van der Waals surface area contributed by atoms with Crippen molar-refractivity contribution in [3.8, 4) is 5.75 Å². The molecule has 1 atom stereocenters. The fourth-order valence-electron chi connectivity index (χ4n) is 2.85. The molecular formula is C22H34N2O5. The van der Waals surface area contributed by atoms with Crippen molar-refractivity contribution in [2.75, 3.05) is 13.2 Å². The van der Waals surface area contributed by atoms with Crippen LogP contribution in [0.15, 0.2) is 29.4 Å². The molecule has 1 aromatic rings. The number of carbonyl (C=O) groups excluding carboxylic acids is 1. The van der Waals surface area contributed by atoms with Gasteiger partial charge in [-0.25, -0.2) is 4.79 Å². The van der Waals surface area contributed by atoms with Gasteiger partial charge in [-0.3, -0.25) is 4.90 Å². The van der Waals surface area contributed by atoms with Gasteiger partial charge in [0.1, 0.15) is 29.7 Å². The van der Waals surface area contributed by atoms with E-state index in [1.54, 1.807) is 11.1 Å². The van der Waals surface area contributed by atoms with Crippen LogP contribution in [0.1, 0.15) is 59.9 Å². The lowest BCUT2D eigenvalue weighted by atomic mass is 10.2. The molecule has 0 aromatic heterocycles. The second-order valence-electron chi connectivity index (χ2n) is 8.55. The fourth-order valence-corrected chi connectivity index (χ4v) is 2.85. The Labute approximate surface area is 173 Å². The number of unbranched alkanes of at least 4 members (excludes halogenated alkanes) is 1. The SMILES string of the molecule is CCCCOc1ccc(CO/N=C/C2COC(C)(C)N2C(=O)OC(C)(C)C)cc1. The minimum Gasteiger partial charge on any atom is -0.494 e. The highest BCUT2D eigenvalue weighted by Crippen LogP contribution is 2.28. The molecule has 1 aliphatic heterocycles. The molecule has 1 saturated heterocycles. The minimum atomic E-state index is -0.771. The van der Waals surface area contributed by atoms with Gasteiger partial charge in [0, 0.05) is 0 Å². The second-order valence-corrected chi connectivity index (χ2v) is 8.55. The first-order valence-electron chi connectivity index (χ1n) is 10.2. The highest BCUT2D eigenvalue weighted by molar-refractivity contribution is 5.77. The summed E-state index contributed by atoms with van der Waals surface area (Å²) < 4.78 is 16.9. The second kappa shape index (κ2) is 9.96. The summed E-state index contributed by atoms with van der Waals surface area (Å²) in [4.78, 5) is 19.5. The van der Waals surface area contributed by atoms with Crippen molar-refractivity contribution in [2.45, 2.75) is 78.4 Å². The summed E-state index contributed by atoms with van der Waals surface area (Å²) in [6.07, 6.45) is 3.30. The number of rotatable bonds is 8. The van der Waals surface area contributed by atoms with Crippen LogP contribution in [-0.4, -0.2) is 47.8 Å². The first-order valence-corrected chi connectivity index (χ1v) is 10.2. The first kappa shape index (κ1) is 23.0. The van der Waals surface area contributed by atoms with Crippen molar-refractivity contribution in [1.82, 2.24) is 4.90 Å². The van der Waals surface area contributed by atoms with Crippen LogP contribution >= 0.6 is 0 Å². The van der Waals surface area contributed by atoms with Gasteiger partial charge in [0.15, 0.2) is 0 Å². The van der Waals surface area contributed by atoms with Gasteiger partial charge >= 0.3 is 6.09 Å². The van der Waals surface area contributed by atoms with E-state index >= 15 is 0 Å². The molecule has 0 saturated carbocycles. The Bertz CT molecular complexity index is 679. The number of carbonyl (C=O) groups is 1. The zero-order chi connectivity index (χ0) is 21.5. The minimum absolute atomic E-state index is 0.329. The molecule has 0 spiro atoms. The predicted octanol–water partition coefficient (Wildman–Crippen LogP) is 4.74. The third-order valence-corrected chi connectivity index (χ3v) is 4.34. The molecular weight excluding hydrogens is 372 g/mol. The quantitative estimate of drug-likeness (QED) is 0.354. The number of ether oxygens (including phenoxy) is 3. The number of amides is 1. The molecule has 1 aliphatic rings. The predicted molar refractivity (Wildman–Crippen MR) is 112 cm³/mol. The van der Waals surface area contributed by atoms with E-state index in [9.17, 15) is 4.79 Å². The lowest BCUT2D eigenvalue weighted by molar-refractivity contribution is -0.0605. The normalized spacial score (nSPS) is 18.8. The van der Waals surface area contributed by atoms with Gasteiger partial charge in [-0.15, -0.1) is 0 Å². The molecule has 0 radical (unpaired) electrons. The number of nitrogens with zero attached hydrogens (tertiary/aromatic N) is 2. The third-order valence-electron chi connectivity index (χ3n) is 4.34. The lowest BCUT2D eigenvalue weighted by Gasteiger charge is -2.33. The zero-order valence-electron chi connectivity index (χ0n) is 18.4. The molecule has 1 aromatic carbocycles. The number of hydrogen-bond acceptors (Lipinski definition) is 6. The van der Waals surface area contributed by atoms with E-state index in [4.69, 9.17) is 19.0 Å². The molecule has 0 aliphatic carbocycles. The van der Waals surface area contributed by atoms with Crippen molar-refractivity contribution >= 4 is 12.3 Å². The highest BCUT2D eigenvalue weighted by Gasteiger charge is 2.45. The number of oxime groups is 1. The van der Waals surface area contributed by atoms with Crippen molar-refractivity contribution in [3.63, 3.8) is 0 Å². The summed E-state index contributed by atoms with van der Waals surface area (Å²) in [5.74, 6) is 0.851. The van der Waals surface area contributed by atoms with Crippen LogP contribution in [0.25, 0.3) is 0 Å². The van der Waals surface area contributed by atoms with E-state index in [2.05, 4.69) is 12.1 Å². The maximum Gasteiger partial charge on any atom is 0.413 e. The summed E-state index contributed by atoms with van der Waals surface area (Å²) in [6, 6.07) is 7.40. The molecule has 162 valence electrons.